The summed E-state index contributed by atoms with van der Waals surface area (Å²) in [5.74, 6) is 0.658. The van der Waals surface area contributed by atoms with Gasteiger partial charge in [-0.05, 0) is 42.3 Å². The van der Waals surface area contributed by atoms with Crippen molar-refractivity contribution in [1.82, 2.24) is 5.32 Å². The fourth-order valence-corrected chi connectivity index (χ4v) is 2.64. The van der Waals surface area contributed by atoms with Crippen LogP contribution in [0, 0.1) is 0 Å². The first-order valence-electron chi connectivity index (χ1n) is 7.88. The van der Waals surface area contributed by atoms with Gasteiger partial charge in [-0.2, -0.15) is 0 Å². The second-order valence-corrected chi connectivity index (χ2v) is 6.31. The molecule has 0 aromatic heterocycles. The largest absolute Gasteiger partial charge is 0.497 e. The molecular weight excluding hydrogens is 386 g/mol. The summed E-state index contributed by atoms with van der Waals surface area (Å²) in [6.07, 6.45) is 1.43. The molecule has 0 aliphatic heterocycles. The van der Waals surface area contributed by atoms with Gasteiger partial charge in [0.15, 0.2) is 12.9 Å². The molecule has 1 atom stereocenters. The molecule has 0 fully saturated rings. The smallest absolute Gasteiger partial charge is 0.258 e. The standard InChI is InChI=1S/C19H20BrNO4/c1-3-17(13-4-6-15(20)7-5-13)21-19(23)12-25-18-9-8-16(24-2)10-14(18)11-22/h4-11,17H,3,12H2,1-2H3,(H,21,23)/t17-/m1/s1. The van der Waals surface area contributed by atoms with E-state index in [1.54, 1.807) is 18.2 Å². The highest BCUT2D eigenvalue weighted by Gasteiger charge is 2.14. The number of benzene rings is 2. The third kappa shape index (κ3) is 5.32. The average molecular weight is 406 g/mol. The van der Waals surface area contributed by atoms with Crippen molar-refractivity contribution in [1.29, 1.82) is 0 Å². The van der Waals surface area contributed by atoms with E-state index in [4.69, 9.17) is 9.47 Å². The van der Waals surface area contributed by atoms with Crippen LogP contribution in [0.2, 0.25) is 0 Å². The molecule has 0 bridgehead atoms. The molecule has 0 spiro atoms. The van der Waals surface area contributed by atoms with E-state index >= 15 is 0 Å². The zero-order chi connectivity index (χ0) is 18.2. The molecule has 2 aromatic rings. The monoisotopic (exact) mass is 405 g/mol. The maximum atomic E-state index is 12.2. The van der Waals surface area contributed by atoms with Crippen molar-refractivity contribution in [3.63, 3.8) is 0 Å². The highest BCUT2D eigenvalue weighted by atomic mass is 79.9. The summed E-state index contributed by atoms with van der Waals surface area (Å²) in [7, 11) is 1.52. The van der Waals surface area contributed by atoms with Crippen molar-refractivity contribution in [2.75, 3.05) is 13.7 Å². The van der Waals surface area contributed by atoms with E-state index in [9.17, 15) is 9.59 Å². The topological polar surface area (TPSA) is 64.6 Å². The number of ether oxygens (including phenoxy) is 2. The summed E-state index contributed by atoms with van der Waals surface area (Å²) in [5, 5.41) is 2.94. The van der Waals surface area contributed by atoms with Gasteiger partial charge in [0.1, 0.15) is 11.5 Å². The number of rotatable bonds is 8. The summed E-state index contributed by atoms with van der Waals surface area (Å²) >= 11 is 3.40. The third-order valence-electron chi connectivity index (χ3n) is 3.72. The normalized spacial score (nSPS) is 11.5. The van der Waals surface area contributed by atoms with Crippen LogP contribution in [0.3, 0.4) is 0 Å². The number of carbonyl (C=O) groups excluding carboxylic acids is 2. The first-order valence-corrected chi connectivity index (χ1v) is 8.67. The maximum Gasteiger partial charge on any atom is 0.258 e. The van der Waals surface area contributed by atoms with Crippen LogP contribution in [0.5, 0.6) is 11.5 Å². The van der Waals surface area contributed by atoms with Gasteiger partial charge >= 0.3 is 0 Å². The Morgan fingerprint density at radius 1 is 1.24 bits per heavy atom. The number of hydrogen-bond acceptors (Lipinski definition) is 4. The minimum atomic E-state index is -0.248. The van der Waals surface area contributed by atoms with Crippen molar-refractivity contribution < 1.29 is 19.1 Å². The van der Waals surface area contributed by atoms with E-state index in [1.807, 2.05) is 31.2 Å². The Balaban J connectivity index is 1.97. The molecule has 2 aromatic carbocycles. The minimum absolute atomic E-state index is 0.0920. The Kier molecular flexibility index (Phi) is 7.01. The quantitative estimate of drug-likeness (QED) is 0.675. The Morgan fingerprint density at radius 2 is 1.96 bits per heavy atom. The SMILES string of the molecule is CC[C@@H](NC(=O)COc1ccc(OC)cc1C=O)c1ccc(Br)cc1. The van der Waals surface area contributed by atoms with E-state index in [0.717, 1.165) is 16.5 Å². The molecule has 0 heterocycles. The molecule has 132 valence electrons. The van der Waals surface area contributed by atoms with Crippen LogP contribution in [-0.2, 0) is 4.79 Å². The van der Waals surface area contributed by atoms with Gasteiger partial charge in [0, 0.05) is 4.47 Å². The molecule has 1 amide bonds. The number of hydrogen-bond donors (Lipinski definition) is 1. The summed E-state index contributed by atoms with van der Waals surface area (Å²) in [6, 6.07) is 12.6. The van der Waals surface area contributed by atoms with E-state index in [2.05, 4.69) is 21.2 Å². The third-order valence-corrected chi connectivity index (χ3v) is 4.25. The first kappa shape index (κ1) is 19.0. The molecule has 5 nitrogen and oxygen atoms in total. The molecule has 0 unspecified atom stereocenters. The van der Waals surface area contributed by atoms with E-state index in [1.165, 1.54) is 7.11 Å². The molecule has 2 rings (SSSR count). The van der Waals surface area contributed by atoms with Gasteiger partial charge < -0.3 is 14.8 Å². The summed E-state index contributed by atoms with van der Waals surface area (Å²) < 4.78 is 11.5. The molecule has 25 heavy (non-hydrogen) atoms. The fraction of sp³-hybridized carbons (Fsp3) is 0.263. The van der Waals surface area contributed by atoms with Crippen LogP contribution in [-0.4, -0.2) is 25.9 Å². The van der Waals surface area contributed by atoms with Crippen molar-refractivity contribution in [2.45, 2.75) is 19.4 Å². The highest BCUT2D eigenvalue weighted by Crippen LogP contribution is 2.23. The van der Waals surface area contributed by atoms with Crippen LogP contribution in [0.4, 0.5) is 0 Å². The van der Waals surface area contributed by atoms with E-state index in [0.29, 0.717) is 23.3 Å². The Hall–Kier alpha value is -2.34. The van der Waals surface area contributed by atoms with Crippen LogP contribution < -0.4 is 14.8 Å². The van der Waals surface area contributed by atoms with Crippen LogP contribution >= 0.6 is 15.9 Å². The van der Waals surface area contributed by atoms with Crippen LogP contribution in [0.1, 0.15) is 35.3 Å². The van der Waals surface area contributed by atoms with E-state index in [-0.39, 0.29) is 18.6 Å². The van der Waals surface area contributed by atoms with Crippen LogP contribution in [0.25, 0.3) is 0 Å². The lowest BCUT2D eigenvalue weighted by Crippen LogP contribution is -2.32. The number of halogens is 1. The molecule has 0 aliphatic carbocycles. The zero-order valence-corrected chi connectivity index (χ0v) is 15.7. The molecular formula is C19H20BrNO4. The highest BCUT2D eigenvalue weighted by molar-refractivity contribution is 9.10. The Labute approximate surface area is 155 Å². The van der Waals surface area contributed by atoms with Gasteiger partial charge in [-0.3, -0.25) is 9.59 Å². The molecule has 0 saturated carbocycles. The maximum absolute atomic E-state index is 12.2. The summed E-state index contributed by atoms with van der Waals surface area (Å²) in [6.45, 7) is 1.84. The van der Waals surface area contributed by atoms with Gasteiger partial charge in [-0.1, -0.05) is 35.0 Å². The predicted octanol–water partition coefficient (Wildman–Crippen LogP) is 3.92. The van der Waals surface area contributed by atoms with Crippen molar-refractivity contribution in [3.05, 3.63) is 58.1 Å². The number of methoxy groups -OCH3 is 1. The lowest BCUT2D eigenvalue weighted by Gasteiger charge is -2.18. The number of nitrogens with one attached hydrogen (secondary N) is 1. The predicted molar refractivity (Wildman–Crippen MR) is 99.2 cm³/mol. The van der Waals surface area contributed by atoms with Crippen LogP contribution in [0.15, 0.2) is 46.9 Å². The van der Waals surface area contributed by atoms with Gasteiger partial charge in [0.05, 0.1) is 18.7 Å². The minimum Gasteiger partial charge on any atom is -0.497 e. The average Bonchev–Trinajstić information content (AvgIpc) is 2.65. The second kappa shape index (κ2) is 9.22. The lowest BCUT2D eigenvalue weighted by molar-refractivity contribution is -0.123. The summed E-state index contributed by atoms with van der Waals surface area (Å²) in [4.78, 5) is 23.3. The van der Waals surface area contributed by atoms with Gasteiger partial charge in [-0.25, -0.2) is 0 Å². The van der Waals surface area contributed by atoms with Crippen molar-refractivity contribution in [3.8, 4) is 11.5 Å². The Morgan fingerprint density at radius 3 is 2.56 bits per heavy atom. The molecule has 0 saturated heterocycles. The fourth-order valence-electron chi connectivity index (χ4n) is 2.37. The molecule has 0 radical (unpaired) electrons. The Bertz CT molecular complexity index is 731. The van der Waals surface area contributed by atoms with E-state index < -0.39 is 0 Å². The lowest BCUT2D eigenvalue weighted by atomic mass is 10.0. The number of amides is 1. The van der Waals surface area contributed by atoms with Gasteiger partial charge in [0.2, 0.25) is 0 Å². The number of aldehydes is 1. The van der Waals surface area contributed by atoms with Gasteiger partial charge in [-0.15, -0.1) is 0 Å². The summed E-state index contributed by atoms with van der Waals surface area (Å²) in [5.41, 5.74) is 1.36. The molecule has 6 heteroatoms. The van der Waals surface area contributed by atoms with Crippen molar-refractivity contribution >= 4 is 28.1 Å². The number of carbonyl (C=O) groups is 2. The first-order chi connectivity index (χ1) is 12.1. The molecule has 1 N–H and O–H groups in total. The second-order valence-electron chi connectivity index (χ2n) is 5.39. The van der Waals surface area contributed by atoms with Crippen molar-refractivity contribution in [2.24, 2.45) is 0 Å². The van der Waals surface area contributed by atoms with Gasteiger partial charge in [0.25, 0.3) is 5.91 Å². The zero-order valence-electron chi connectivity index (χ0n) is 14.1. The molecule has 0 aliphatic rings.